The van der Waals surface area contributed by atoms with Crippen molar-refractivity contribution in [2.24, 2.45) is 5.92 Å². The molecule has 2 atom stereocenters. The first kappa shape index (κ1) is 13.3. The summed E-state index contributed by atoms with van der Waals surface area (Å²) in [5, 5.41) is 3.46. The van der Waals surface area contributed by atoms with Gasteiger partial charge in [-0.3, -0.25) is 0 Å². The smallest absolute Gasteiger partial charge is 0.0119 e. The Labute approximate surface area is 107 Å². The Balaban J connectivity index is 1.77. The van der Waals surface area contributed by atoms with Crippen LogP contribution in [0.3, 0.4) is 0 Å². The monoisotopic (exact) mass is 239 g/mol. The van der Waals surface area contributed by atoms with Crippen LogP contribution in [-0.4, -0.2) is 62.2 Å². The van der Waals surface area contributed by atoms with E-state index >= 15 is 0 Å². The highest BCUT2D eigenvalue weighted by atomic mass is 15.2. The molecule has 0 aliphatic carbocycles. The minimum atomic E-state index is 0.754. The number of rotatable bonds is 3. The molecule has 2 saturated heterocycles. The van der Waals surface area contributed by atoms with Crippen molar-refractivity contribution in [3.63, 3.8) is 0 Å². The van der Waals surface area contributed by atoms with Gasteiger partial charge < -0.3 is 15.1 Å². The van der Waals surface area contributed by atoms with Crippen LogP contribution in [0.15, 0.2) is 0 Å². The zero-order valence-corrected chi connectivity index (χ0v) is 11.8. The summed E-state index contributed by atoms with van der Waals surface area (Å²) in [6.45, 7) is 7.39. The van der Waals surface area contributed by atoms with Gasteiger partial charge in [0.05, 0.1) is 0 Å². The van der Waals surface area contributed by atoms with Crippen molar-refractivity contribution in [3.8, 4) is 0 Å². The predicted octanol–water partition coefficient (Wildman–Crippen LogP) is 1.40. The molecule has 100 valence electrons. The first-order valence-corrected chi connectivity index (χ1v) is 7.28. The molecular formula is C14H29N3. The van der Waals surface area contributed by atoms with Crippen molar-refractivity contribution in [1.29, 1.82) is 0 Å². The van der Waals surface area contributed by atoms with E-state index in [4.69, 9.17) is 0 Å². The quantitative estimate of drug-likeness (QED) is 0.803. The lowest BCUT2D eigenvalue weighted by Crippen LogP contribution is -2.48. The van der Waals surface area contributed by atoms with Gasteiger partial charge in [-0.05, 0) is 72.3 Å². The zero-order chi connectivity index (χ0) is 12.3. The average molecular weight is 239 g/mol. The molecule has 2 rings (SSSR count). The van der Waals surface area contributed by atoms with Crippen molar-refractivity contribution in [2.75, 3.05) is 40.3 Å². The zero-order valence-electron chi connectivity index (χ0n) is 11.8. The summed E-state index contributed by atoms with van der Waals surface area (Å²) in [5.41, 5.74) is 0. The van der Waals surface area contributed by atoms with Crippen molar-refractivity contribution < 1.29 is 0 Å². The SMILES string of the molecule is CC1CC(N(C)CC2CCNCC2)CCN1C. The summed E-state index contributed by atoms with van der Waals surface area (Å²) in [6.07, 6.45) is 5.43. The van der Waals surface area contributed by atoms with Gasteiger partial charge in [0.25, 0.3) is 0 Å². The molecule has 0 radical (unpaired) electrons. The number of likely N-dealkylation sites (tertiary alicyclic amines) is 1. The molecule has 0 amide bonds. The van der Waals surface area contributed by atoms with E-state index in [2.05, 4.69) is 36.1 Å². The molecule has 2 unspecified atom stereocenters. The minimum absolute atomic E-state index is 0.754. The minimum Gasteiger partial charge on any atom is -0.317 e. The second kappa shape index (κ2) is 6.17. The maximum Gasteiger partial charge on any atom is 0.0119 e. The van der Waals surface area contributed by atoms with Gasteiger partial charge in [-0.25, -0.2) is 0 Å². The molecule has 3 heteroatoms. The molecule has 17 heavy (non-hydrogen) atoms. The van der Waals surface area contributed by atoms with Crippen LogP contribution in [0.4, 0.5) is 0 Å². The van der Waals surface area contributed by atoms with E-state index < -0.39 is 0 Å². The van der Waals surface area contributed by atoms with Crippen molar-refractivity contribution >= 4 is 0 Å². The van der Waals surface area contributed by atoms with Crippen LogP contribution >= 0.6 is 0 Å². The fourth-order valence-electron chi connectivity index (χ4n) is 3.29. The fourth-order valence-corrected chi connectivity index (χ4v) is 3.29. The number of hydrogen-bond donors (Lipinski definition) is 1. The Bertz CT molecular complexity index is 226. The summed E-state index contributed by atoms with van der Waals surface area (Å²) >= 11 is 0. The maximum atomic E-state index is 3.46. The fraction of sp³-hybridized carbons (Fsp3) is 1.00. The molecule has 0 spiro atoms. The van der Waals surface area contributed by atoms with Gasteiger partial charge in [-0.15, -0.1) is 0 Å². The molecule has 2 fully saturated rings. The summed E-state index contributed by atoms with van der Waals surface area (Å²) in [5.74, 6) is 0.927. The van der Waals surface area contributed by atoms with E-state index in [0.29, 0.717) is 0 Å². The Morgan fingerprint density at radius 2 is 1.94 bits per heavy atom. The number of nitrogens with zero attached hydrogens (tertiary/aromatic N) is 2. The Kier molecular flexibility index (Phi) is 4.83. The summed E-state index contributed by atoms with van der Waals surface area (Å²) < 4.78 is 0. The van der Waals surface area contributed by atoms with Crippen LogP contribution in [0.5, 0.6) is 0 Å². The normalized spacial score (nSPS) is 33.2. The lowest BCUT2D eigenvalue weighted by Gasteiger charge is -2.40. The second-order valence-corrected chi connectivity index (χ2v) is 6.14. The summed E-state index contributed by atoms with van der Waals surface area (Å²) in [6, 6.07) is 1.57. The van der Waals surface area contributed by atoms with Gasteiger partial charge in [-0.1, -0.05) is 0 Å². The van der Waals surface area contributed by atoms with Gasteiger partial charge in [0.1, 0.15) is 0 Å². The molecule has 0 aromatic heterocycles. The van der Waals surface area contributed by atoms with E-state index in [9.17, 15) is 0 Å². The lowest BCUT2D eigenvalue weighted by atomic mass is 9.94. The second-order valence-electron chi connectivity index (χ2n) is 6.14. The molecular weight excluding hydrogens is 210 g/mol. The Morgan fingerprint density at radius 1 is 1.24 bits per heavy atom. The largest absolute Gasteiger partial charge is 0.317 e. The highest BCUT2D eigenvalue weighted by molar-refractivity contribution is 4.83. The Morgan fingerprint density at radius 3 is 2.59 bits per heavy atom. The third kappa shape index (κ3) is 3.67. The van der Waals surface area contributed by atoms with Crippen molar-refractivity contribution in [2.45, 2.75) is 44.7 Å². The molecule has 3 nitrogen and oxygen atoms in total. The molecule has 2 heterocycles. The highest BCUT2D eigenvalue weighted by Crippen LogP contribution is 2.22. The molecule has 2 aliphatic heterocycles. The molecule has 0 aromatic carbocycles. The Hall–Kier alpha value is -0.120. The van der Waals surface area contributed by atoms with Crippen LogP contribution in [0.2, 0.25) is 0 Å². The van der Waals surface area contributed by atoms with Crippen LogP contribution in [-0.2, 0) is 0 Å². The molecule has 0 bridgehead atoms. The number of nitrogens with one attached hydrogen (secondary N) is 1. The number of piperidine rings is 2. The predicted molar refractivity (Wildman–Crippen MR) is 73.3 cm³/mol. The van der Waals surface area contributed by atoms with E-state index in [-0.39, 0.29) is 0 Å². The summed E-state index contributed by atoms with van der Waals surface area (Å²) in [7, 11) is 4.60. The van der Waals surface area contributed by atoms with Crippen LogP contribution in [0.25, 0.3) is 0 Å². The lowest BCUT2D eigenvalue weighted by molar-refractivity contribution is 0.0903. The van der Waals surface area contributed by atoms with Gasteiger partial charge in [0.2, 0.25) is 0 Å². The summed E-state index contributed by atoms with van der Waals surface area (Å²) in [4.78, 5) is 5.13. The maximum absolute atomic E-state index is 3.46. The first-order valence-electron chi connectivity index (χ1n) is 7.28. The van der Waals surface area contributed by atoms with Crippen molar-refractivity contribution in [1.82, 2.24) is 15.1 Å². The molecule has 0 aromatic rings. The van der Waals surface area contributed by atoms with E-state index in [1.165, 1.54) is 51.9 Å². The third-order valence-electron chi connectivity index (χ3n) is 4.81. The van der Waals surface area contributed by atoms with E-state index in [1.807, 2.05) is 0 Å². The standard InChI is InChI=1S/C14H29N3/c1-12-10-14(6-9-16(12)2)17(3)11-13-4-7-15-8-5-13/h12-15H,4-11H2,1-3H3. The van der Waals surface area contributed by atoms with Gasteiger partial charge in [0.15, 0.2) is 0 Å². The van der Waals surface area contributed by atoms with Crippen LogP contribution < -0.4 is 5.32 Å². The molecule has 1 N–H and O–H groups in total. The highest BCUT2D eigenvalue weighted by Gasteiger charge is 2.27. The van der Waals surface area contributed by atoms with Crippen LogP contribution in [0.1, 0.15) is 32.6 Å². The van der Waals surface area contributed by atoms with E-state index in [0.717, 1.165) is 18.0 Å². The molecule has 0 saturated carbocycles. The van der Waals surface area contributed by atoms with Gasteiger partial charge in [0, 0.05) is 18.6 Å². The number of hydrogen-bond acceptors (Lipinski definition) is 3. The van der Waals surface area contributed by atoms with Gasteiger partial charge in [-0.2, -0.15) is 0 Å². The van der Waals surface area contributed by atoms with Gasteiger partial charge >= 0.3 is 0 Å². The third-order valence-corrected chi connectivity index (χ3v) is 4.81. The topological polar surface area (TPSA) is 18.5 Å². The van der Waals surface area contributed by atoms with E-state index in [1.54, 1.807) is 0 Å². The first-order chi connectivity index (χ1) is 8.16. The van der Waals surface area contributed by atoms with Crippen LogP contribution in [0, 0.1) is 5.92 Å². The average Bonchev–Trinajstić information content (AvgIpc) is 2.34. The molecule has 2 aliphatic rings. The van der Waals surface area contributed by atoms with Crippen molar-refractivity contribution in [3.05, 3.63) is 0 Å².